The second-order valence-corrected chi connectivity index (χ2v) is 5.63. The molecule has 0 saturated heterocycles. The van der Waals surface area contributed by atoms with Gasteiger partial charge in [0.25, 0.3) is 0 Å². The van der Waals surface area contributed by atoms with E-state index in [2.05, 4.69) is 51.6 Å². The van der Waals surface area contributed by atoms with Crippen LogP contribution in [-0.4, -0.2) is 4.57 Å². The first-order chi connectivity index (χ1) is 5.84. The minimum absolute atomic E-state index is 0.344. The van der Waals surface area contributed by atoms with Gasteiger partial charge in [-0.25, -0.2) is 0 Å². The van der Waals surface area contributed by atoms with Crippen LogP contribution in [0.15, 0.2) is 12.3 Å². The summed E-state index contributed by atoms with van der Waals surface area (Å²) in [4.78, 5) is 0. The third kappa shape index (κ3) is 1.06. The summed E-state index contributed by atoms with van der Waals surface area (Å²) in [5.41, 5.74) is 3.77. The molecule has 0 unspecified atom stereocenters. The van der Waals surface area contributed by atoms with Crippen LogP contribution in [0.25, 0.3) is 0 Å². The van der Waals surface area contributed by atoms with Crippen molar-refractivity contribution in [3.8, 4) is 0 Å². The van der Waals surface area contributed by atoms with E-state index in [1.165, 1.54) is 12.1 Å². The molecule has 72 valence electrons. The van der Waals surface area contributed by atoms with Crippen LogP contribution < -0.4 is 0 Å². The molecular weight excluding hydrogens is 158 g/mol. The maximum atomic E-state index is 2.35. The zero-order valence-corrected chi connectivity index (χ0v) is 9.31. The highest BCUT2D eigenvalue weighted by molar-refractivity contribution is 5.41. The summed E-state index contributed by atoms with van der Waals surface area (Å²) in [5, 5.41) is 0. The fourth-order valence-electron chi connectivity index (χ4n) is 3.20. The van der Waals surface area contributed by atoms with Gasteiger partial charge >= 0.3 is 0 Å². The van der Waals surface area contributed by atoms with Crippen molar-refractivity contribution < 1.29 is 0 Å². The first-order valence-electron chi connectivity index (χ1n) is 5.01. The number of hydrogen-bond donors (Lipinski definition) is 0. The summed E-state index contributed by atoms with van der Waals surface area (Å²) in [6.07, 6.45) is 3.45. The molecule has 1 heteroatoms. The van der Waals surface area contributed by atoms with Gasteiger partial charge in [-0.2, -0.15) is 0 Å². The number of rotatable bonds is 0. The van der Waals surface area contributed by atoms with Crippen LogP contribution >= 0.6 is 0 Å². The van der Waals surface area contributed by atoms with E-state index in [1.807, 2.05) is 0 Å². The van der Waals surface area contributed by atoms with Crippen LogP contribution in [0, 0.1) is 0 Å². The van der Waals surface area contributed by atoms with Crippen molar-refractivity contribution in [2.45, 2.75) is 44.9 Å². The van der Waals surface area contributed by atoms with Crippen LogP contribution in [-0.2, 0) is 17.9 Å². The van der Waals surface area contributed by atoms with Crippen molar-refractivity contribution in [2.75, 3.05) is 0 Å². The molecule has 1 heterocycles. The summed E-state index contributed by atoms with van der Waals surface area (Å²) in [6, 6.07) is 2.28. The number of aryl methyl sites for hydroxylation is 1. The third-order valence-corrected chi connectivity index (χ3v) is 3.33. The smallest absolute Gasteiger partial charge is 0.0266 e. The molecule has 1 aromatic heterocycles. The number of aromatic nitrogens is 1. The molecule has 2 rings (SSSR count). The topological polar surface area (TPSA) is 4.93 Å². The second-order valence-electron chi connectivity index (χ2n) is 5.63. The molecule has 0 amide bonds. The normalized spacial score (nSPS) is 23.2. The van der Waals surface area contributed by atoms with Gasteiger partial charge in [-0.15, -0.1) is 0 Å². The Labute approximate surface area is 80.8 Å². The van der Waals surface area contributed by atoms with E-state index >= 15 is 0 Å². The van der Waals surface area contributed by atoms with Gasteiger partial charge in [-0.1, -0.05) is 27.7 Å². The van der Waals surface area contributed by atoms with E-state index in [-0.39, 0.29) is 0 Å². The summed E-state index contributed by atoms with van der Waals surface area (Å²) >= 11 is 0. The third-order valence-electron chi connectivity index (χ3n) is 3.33. The lowest BCUT2D eigenvalue weighted by Gasteiger charge is -2.23. The Balaban J connectivity index is 2.67. The molecule has 1 aliphatic carbocycles. The molecule has 1 aliphatic rings. The van der Waals surface area contributed by atoms with Crippen molar-refractivity contribution in [3.63, 3.8) is 0 Å². The van der Waals surface area contributed by atoms with Crippen molar-refractivity contribution in [3.05, 3.63) is 23.5 Å². The number of hydrogen-bond acceptors (Lipinski definition) is 0. The van der Waals surface area contributed by atoms with E-state index in [0.29, 0.717) is 10.8 Å². The number of fused-ring (bicyclic) bond motifs is 1. The highest BCUT2D eigenvalue weighted by Crippen LogP contribution is 2.49. The van der Waals surface area contributed by atoms with Gasteiger partial charge < -0.3 is 4.57 Å². The molecule has 0 aliphatic heterocycles. The summed E-state index contributed by atoms with van der Waals surface area (Å²) in [6.45, 7) is 9.39. The number of nitrogens with zero attached hydrogens (tertiary/aromatic N) is 1. The zero-order chi connectivity index (χ0) is 9.85. The first-order valence-corrected chi connectivity index (χ1v) is 5.01. The van der Waals surface area contributed by atoms with Crippen LogP contribution in [0.3, 0.4) is 0 Å². The van der Waals surface area contributed by atoms with E-state index in [9.17, 15) is 0 Å². The highest BCUT2D eigenvalue weighted by Gasteiger charge is 2.43. The van der Waals surface area contributed by atoms with Gasteiger partial charge in [-0.3, -0.25) is 0 Å². The van der Waals surface area contributed by atoms with Crippen LogP contribution in [0.2, 0.25) is 0 Å². The minimum atomic E-state index is 0.344. The molecule has 0 atom stereocenters. The Morgan fingerprint density at radius 1 is 1.15 bits per heavy atom. The van der Waals surface area contributed by atoms with Gasteiger partial charge in [0.05, 0.1) is 0 Å². The summed E-state index contributed by atoms with van der Waals surface area (Å²) < 4.78 is 2.28. The van der Waals surface area contributed by atoms with Crippen LogP contribution in [0.4, 0.5) is 0 Å². The maximum absolute atomic E-state index is 2.35. The first kappa shape index (κ1) is 8.86. The van der Waals surface area contributed by atoms with Gasteiger partial charge in [0.15, 0.2) is 0 Å². The average molecular weight is 177 g/mol. The largest absolute Gasteiger partial charge is 0.354 e. The SMILES string of the molecule is Cn1ccc2c1C(C)(C)CC2(C)C. The molecule has 0 saturated carbocycles. The van der Waals surface area contributed by atoms with E-state index in [4.69, 9.17) is 0 Å². The van der Waals surface area contributed by atoms with Gasteiger partial charge in [0, 0.05) is 24.4 Å². The van der Waals surface area contributed by atoms with Crippen molar-refractivity contribution in [1.29, 1.82) is 0 Å². The van der Waals surface area contributed by atoms with E-state index in [1.54, 1.807) is 5.56 Å². The average Bonchev–Trinajstić information content (AvgIpc) is 2.35. The molecule has 0 fully saturated rings. The molecule has 0 N–H and O–H groups in total. The monoisotopic (exact) mass is 177 g/mol. The van der Waals surface area contributed by atoms with Crippen molar-refractivity contribution >= 4 is 0 Å². The Morgan fingerprint density at radius 2 is 1.77 bits per heavy atom. The Morgan fingerprint density at radius 3 is 2.31 bits per heavy atom. The molecule has 0 bridgehead atoms. The molecule has 0 spiro atoms. The molecule has 0 aromatic carbocycles. The van der Waals surface area contributed by atoms with Crippen LogP contribution in [0.1, 0.15) is 45.4 Å². The lowest BCUT2D eigenvalue weighted by Crippen LogP contribution is -2.20. The maximum Gasteiger partial charge on any atom is 0.0266 e. The molecule has 1 nitrogen and oxygen atoms in total. The quantitative estimate of drug-likeness (QED) is 0.574. The predicted octanol–water partition coefficient (Wildman–Crippen LogP) is 2.98. The Kier molecular flexibility index (Phi) is 1.50. The fraction of sp³-hybridized carbons (Fsp3) is 0.667. The van der Waals surface area contributed by atoms with E-state index in [0.717, 1.165) is 0 Å². The minimum Gasteiger partial charge on any atom is -0.354 e. The second kappa shape index (κ2) is 2.20. The molecule has 0 radical (unpaired) electrons. The Bertz CT molecular complexity index is 342. The zero-order valence-electron chi connectivity index (χ0n) is 9.31. The fourth-order valence-corrected chi connectivity index (χ4v) is 3.20. The summed E-state index contributed by atoms with van der Waals surface area (Å²) in [7, 11) is 2.15. The lowest BCUT2D eigenvalue weighted by atomic mass is 9.82. The van der Waals surface area contributed by atoms with Gasteiger partial charge in [0.2, 0.25) is 0 Å². The van der Waals surface area contributed by atoms with Gasteiger partial charge in [0.1, 0.15) is 0 Å². The van der Waals surface area contributed by atoms with E-state index < -0.39 is 0 Å². The predicted molar refractivity (Wildman–Crippen MR) is 56.1 cm³/mol. The Hall–Kier alpha value is -0.720. The molecular formula is C12H19N. The summed E-state index contributed by atoms with van der Waals surface area (Å²) in [5.74, 6) is 0. The lowest BCUT2D eigenvalue weighted by molar-refractivity contribution is 0.392. The highest BCUT2D eigenvalue weighted by atomic mass is 15.0. The molecule has 13 heavy (non-hydrogen) atoms. The van der Waals surface area contributed by atoms with Crippen molar-refractivity contribution in [2.24, 2.45) is 7.05 Å². The van der Waals surface area contributed by atoms with Gasteiger partial charge in [-0.05, 0) is 23.5 Å². The standard InChI is InChI=1S/C12H19N/c1-11(2)8-12(3,4)10-9(11)6-7-13(10)5/h6-7H,8H2,1-5H3. The molecule has 1 aromatic rings. The van der Waals surface area contributed by atoms with Crippen LogP contribution in [0.5, 0.6) is 0 Å². The van der Waals surface area contributed by atoms with Crippen molar-refractivity contribution in [1.82, 2.24) is 4.57 Å².